The van der Waals surface area contributed by atoms with Gasteiger partial charge in [0.25, 0.3) is 0 Å². The van der Waals surface area contributed by atoms with Crippen LogP contribution in [-0.4, -0.2) is 37.0 Å². The molecule has 6 heteroatoms. The van der Waals surface area contributed by atoms with E-state index in [-0.39, 0.29) is 30.5 Å². The monoisotopic (exact) mass is 330 g/mol. The third kappa shape index (κ3) is 2.79. The van der Waals surface area contributed by atoms with E-state index in [1.165, 1.54) is 13.2 Å². The predicted molar refractivity (Wildman–Crippen MR) is 82.9 cm³/mol. The fourth-order valence-electron chi connectivity index (χ4n) is 3.22. The second-order valence-electron chi connectivity index (χ2n) is 6.17. The first-order valence-electron chi connectivity index (χ1n) is 7.68. The number of esters is 2. The van der Waals surface area contributed by atoms with E-state index < -0.39 is 23.5 Å². The molecule has 126 valence electrons. The Bertz CT molecular complexity index is 707. The summed E-state index contributed by atoms with van der Waals surface area (Å²) in [6.45, 7) is 1.89. The molecule has 0 N–H and O–H groups in total. The van der Waals surface area contributed by atoms with Crippen molar-refractivity contribution in [2.45, 2.75) is 18.9 Å². The molecule has 0 unspecified atom stereocenters. The molecular formula is C18H18O6. The number of Topliss-reactive ketones (excluding diaryl/α,β-unsaturated/α-hetero) is 1. The van der Waals surface area contributed by atoms with Crippen molar-refractivity contribution in [3.63, 3.8) is 0 Å². The van der Waals surface area contributed by atoms with Crippen molar-refractivity contribution in [3.8, 4) is 0 Å². The summed E-state index contributed by atoms with van der Waals surface area (Å²) in [5.41, 5.74) is -0.472. The molecule has 6 nitrogen and oxygen atoms in total. The molecule has 3 atom stereocenters. The van der Waals surface area contributed by atoms with Crippen LogP contribution in [0, 0.1) is 11.8 Å². The largest absolute Gasteiger partial charge is 0.480 e. The van der Waals surface area contributed by atoms with Gasteiger partial charge < -0.3 is 14.2 Å². The van der Waals surface area contributed by atoms with Gasteiger partial charge in [-0.3, -0.25) is 9.59 Å². The van der Waals surface area contributed by atoms with Crippen molar-refractivity contribution >= 4 is 17.7 Å². The first-order valence-corrected chi connectivity index (χ1v) is 7.68. The highest BCUT2D eigenvalue weighted by Crippen LogP contribution is 2.43. The van der Waals surface area contributed by atoms with E-state index in [0.717, 1.165) is 0 Å². The number of methoxy groups -OCH3 is 1. The molecule has 0 aromatic heterocycles. The van der Waals surface area contributed by atoms with Gasteiger partial charge in [-0.15, -0.1) is 0 Å². The van der Waals surface area contributed by atoms with Crippen LogP contribution in [0.5, 0.6) is 0 Å². The summed E-state index contributed by atoms with van der Waals surface area (Å²) < 4.78 is 15.6. The Morgan fingerprint density at radius 3 is 2.67 bits per heavy atom. The average molecular weight is 330 g/mol. The van der Waals surface area contributed by atoms with Gasteiger partial charge in [-0.05, 0) is 13.0 Å². The number of rotatable bonds is 4. The zero-order valence-corrected chi connectivity index (χ0v) is 13.5. The summed E-state index contributed by atoms with van der Waals surface area (Å²) in [4.78, 5) is 36.4. The molecule has 2 aliphatic rings. The molecule has 0 amide bonds. The van der Waals surface area contributed by atoms with Crippen molar-refractivity contribution in [2.75, 3.05) is 13.7 Å². The summed E-state index contributed by atoms with van der Waals surface area (Å²) in [6.07, 6.45) is 1.46. The number of carbonyl (C=O) groups is 3. The van der Waals surface area contributed by atoms with E-state index >= 15 is 0 Å². The molecule has 2 heterocycles. The number of ketones is 1. The number of fused-ring (bicyclic) bond motifs is 1. The molecule has 1 fully saturated rings. The van der Waals surface area contributed by atoms with E-state index in [9.17, 15) is 14.4 Å². The lowest BCUT2D eigenvalue weighted by Gasteiger charge is -2.39. The molecule has 3 rings (SSSR count). The van der Waals surface area contributed by atoms with Gasteiger partial charge in [0.05, 0.1) is 32.0 Å². The number of carbonyl (C=O) groups excluding carboxylic acids is 3. The number of hydrogen-bond acceptors (Lipinski definition) is 6. The maximum atomic E-state index is 12.6. The number of hydrogen-bond donors (Lipinski definition) is 0. The van der Waals surface area contributed by atoms with E-state index in [4.69, 9.17) is 9.47 Å². The fourth-order valence-corrected chi connectivity index (χ4v) is 3.22. The van der Waals surface area contributed by atoms with Gasteiger partial charge in [0.2, 0.25) is 5.76 Å². The first kappa shape index (κ1) is 16.2. The van der Waals surface area contributed by atoms with Gasteiger partial charge >= 0.3 is 11.9 Å². The number of ether oxygens (including phenoxy) is 3. The Morgan fingerprint density at radius 1 is 1.29 bits per heavy atom. The topological polar surface area (TPSA) is 78.9 Å². The highest BCUT2D eigenvalue weighted by atomic mass is 16.6. The highest BCUT2D eigenvalue weighted by Gasteiger charge is 2.53. The Morgan fingerprint density at radius 2 is 2.00 bits per heavy atom. The fraction of sp³-hybridized carbons (Fsp3) is 0.389. The van der Waals surface area contributed by atoms with E-state index in [1.54, 1.807) is 31.2 Å². The minimum atomic E-state index is -1.03. The lowest BCUT2D eigenvalue weighted by molar-refractivity contribution is -0.148. The van der Waals surface area contributed by atoms with Gasteiger partial charge in [0.15, 0.2) is 5.78 Å². The molecule has 0 bridgehead atoms. The van der Waals surface area contributed by atoms with Gasteiger partial charge in [-0.1, -0.05) is 30.3 Å². The minimum Gasteiger partial charge on any atom is -0.480 e. The van der Waals surface area contributed by atoms with Crippen LogP contribution in [0.2, 0.25) is 0 Å². The third-order valence-electron chi connectivity index (χ3n) is 4.56. The Balaban J connectivity index is 1.90. The van der Waals surface area contributed by atoms with Gasteiger partial charge in [-0.2, -0.15) is 0 Å². The van der Waals surface area contributed by atoms with Crippen LogP contribution >= 0.6 is 0 Å². The minimum absolute atomic E-state index is 0.0309. The summed E-state index contributed by atoms with van der Waals surface area (Å²) in [6, 6.07) is 8.83. The van der Waals surface area contributed by atoms with Gasteiger partial charge in [0.1, 0.15) is 5.60 Å². The molecular weight excluding hydrogens is 312 g/mol. The highest BCUT2D eigenvalue weighted by molar-refractivity contribution is 5.97. The van der Waals surface area contributed by atoms with Crippen molar-refractivity contribution < 1.29 is 28.6 Å². The maximum Gasteiger partial charge on any atom is 0.373 e. The lowest BCUT2D eigenvalue weighted by atomic mass is 9.75. The molecule has 1 aromatic rings. The molecule has 0 radical (unpaired) electrons. The lowest BCUT2D eigenvalue weighted by Crippen LogP contribution is -2.47. The molecule has 24 heavy (non-hydrogen) atoms. The Kier molecular flexibility index (Phi) is 4.13. The van der Waals surface area contributed by atoms with Crippen molar-refractivity contribution in [3.05, 3.63) is 47.7 Å². The third-order valence-corrected chi connectivity index (χ3v) is 4.56. The quantitative estimate of drug-likeness (QED) is 0.620. The summed E-state index contributed by atoms with van der Waals surface area (Å²) in [7, 11) is 1.23. The molecule has 1 saturated heterocycles. The van der Waals surface area contributed by atoms with Crippen LogP contribution < -0.4 is 0 Å². The van der Waals surface area contributed by atoms with E-state index in [2.05, 4.69) is 4.74 Å². The van der Waals surface area contributed by atoms with Crippen LogP contribution in [-0.2, 0) is 23.8 Å². The van der Waals surface area contributed by atoms with E-state index in [1.807, 2.05) is 6.07 Å². The summed E-state index contributed by atoms with van der Waals surface area (Å²) in [5.74, 6) is -2.20. The molecule has 1 aromatic carbocycles. The second kappa shape index (κ2) is 6.11. The first-order chi connectivity index (χ1) is 11.4. The Hall–Kier alpha value is -2.63. The van der Waals surface area contributed by atoms with Crippen LogP contribution in [0.1, 0.15) is 23.7 Å². The van der Waals surface area contributed by atoms with Crippen LogP contribution in [0.4, 0.5) is 0 Å². The number of benzene rings is 1. The standard InChI is InChI=1S/C18H18O6/c1-18(9-14(19)11-6-4-3-5-7-11)13-10-23-16(20)12(13)8-15(24-18)17(21)22-2/h3-8,12-13H,9-10H2,1-2H3/t12-,13-,18-/m0/s1. The number of cyclic esters (lactones) is 1. The van der Waals surface area contributed by atoms with Gasteiger partial charge in [0, 0.05) is 5.56 Å². The predicted octanol–water partition coefficient (Wildman–Crippen LogP) is 1.89. The van der Waals surface area contributed by atoms with Crippen molar-refractivity contribution in [1.82, 2.24) is 0 Å². The summed E-state index contributed by atoms with van der Waals surface area (Å²) in [5, 5.41) is 0. The SMILES string of the molecule is COC(=O)C1=C[C@@H]2C(=O)OC[C@@H]2[C@](C)(CC(=O)c2ccccc2)O1. The van der Waals surface area contributed by atoms with Crippen LogP contribution in [0.3, 0.4) is 0 Å². The van der Waals surface area contributed by atoms with Crippen molar-refractivity contribution in [1.29, 1.82) is 0 Å². The molecule has 0 aliphatic carbocycles. The maximum absolute atomic E-state index is 12.6. The summed E-state index contributed by atoms with van der Waals surface area (Å²) >= 11 is 0. The molecule has 2 aliphatic heterocycles. The normalized spacial score (nSPS) is 28.2. The molecule has 0 spiro atoms. The molecule has 0 saturated carbocycles. The smallest absolute Gasteiger partial charge is 0.373 e. The van der Waals surface area contributed by atoms with Crippen LogP contribution in [0.15, 0.2) is 42.2 Å². The van der Waals surface area contributed by atoms with Gasteiger partial charge in [-0.25, -0.2) is 4.79 Å². The van der Waals surface area contributed by atoms with Crippen molar-refractivity contribution in [2.24, 2.45) is 11.8 Å². The van der Waals surface area contributed by atoms with Crippen LogP contribution in [0.25, 0.3) is 0 Å². The second-order valence-corrected chi connectivity index (χ2v) is 6.17. The Labute approximate surface area is 139 Å². The average Bonchev–Trinajstić information content (AvgIpc) is 2.97. The zero-order chi connectivity index (χ0) is 17.3. The van der Waals surface area contributed by atoms with E-state index in [0.29, 0.717) is 5.56 Å². The zero-order valence-electron chi connectivity index (χ0n) is 13.5.